The summed E-state index contributed by atoms with van der Waals surface area (Å²) in [5.41, 5.74) is 5.39. The first-order valence-electron chi connectivity index (χ1n) is 32.0. The van der Waals surface area contributed by atoms with Crippen LogP contribution in [0, 0.1) is 0 Å². The molecular weight excluding hydrogens is 1000 g/mol. The molecule has 0 radical (unpaired) electrons. The quantitative estimate of drug-likeness (QED) is 0.0264. The van der Waals surface area contributed by atoms with E-state index in [-0.39, 0.29) is 38.6 Å². The molecule has 0 spiro atoms. The molecular formula is C69H118NO8P. The van der Waals surface area contributed by atoms with Gasteiger partial charge in [0.25, 0.3) is 0 Å². The van der Waals surface area contributed by atoms with Gasteiger partial charge in [-0.25, -0.2) is 4.57 Å². The van der Waals surface area contributed by atoms with Crippen molar-refractivity contribution in [3.8, 4) is 0 Å². The van der Waals surface area contributed by atoms with Crippen LogP contribution >= 0.6 is 7.82 Å². The van der Waals surface area contributed by atoms with E-state index >= 15 is 0 Å². The number of rotatable bonds is 59. The van der Waals surface area contributed by atoms with Gasteiger partial charge in [-0.05, 0) is 103 Å². The first-order valence-corrected chi connectivity index (χ1v) is 33.5. The van der Waals surface area contributed by atoms with Crippen LogP contribution in [0.2, 0.25) is 0 Å². The highest BCUT2D eigenvalue weighted by Gasteiger charge is 2.26. The number of phosphoric ester groups is 1. The van der Waals surface area contributed by atoms with E-state index in [2.05, 4.69) is 135 Å². The number of ether oxygens (including phenoxy) is 2. The lowest BCUT2D eigenvalue weighted by molar-refractivity contribution is -0.161. The Kier molecular flexibility index (Phi) is 60.7. The van der Waals surface area contributed by atoms with E-state index in [9.17, 15) is 19.0 Å². The Bertz CT molecular complexity index is 1710. The topological polar surface area (TPSA) is 134 Å². The summed E-state index contributed by atoms with van der Waals surface area (Å²) in [6, 6.07) is 0. The highest BCUT2D eigenvalue weighted by Crippen LogP contribution is 2.43. The Morgan fingerprint density at radius 1 is 0.380 bits per heavy atom. The molecule has 79 heavy (non-hydrogen) atoms. The average Bonchev–Trinajstić information content (AvgIpc) is 3.44. The number of carbonyl (C=O) groups is 2. The fraction of sp³-hybridized carbons (Fsp3) is 0.681. The van der Waals surface area contributed by atoms with Crippen molar-refractivity contribution >= 4 is 19.8 Å². The number of unbranched alkanes of at least 4 members (excludes halogenated alkanes) is 26. The lowest BCUT2D eigenvalue weighted by Gasteiger charge is -2.19. The second kappa shape index (κ2) is 63.6. The van der Waals surface area contributed by atoms with Gasteiger partial charge in [-0.2, -0.15) is 0 Å². The molecule has 0 fully saturated rings. The van der Waals surface area contributed by atoms with E-state index in [1.54, 1.807) is 0 Å². The van der Waals surface area contributed by atoms with Crippen molar-refractivity contribution in [2.75, 3.05) is 26.4 Å². The number of allylic oxidation sites excluding steroid dienone is 20. The third-order valence-corrected chi connectivity index (χ3v) is 14.3. The van der Waals surface area contributed by atoms with Crippen molar-refractivity contribution in [3.63, 3.8) is 0 Å². The lowest BCUT2D eigenvalue weighted by Crippen LogP contribution is -2.29. The second-order valence-corrected chi connectivity index (χ2v) is 22.3. The number of nitrogens with two attached hydrogens (primary N) is 1. The molecule has 0 aromatic heterocycles. The number of hydrogen-bond donors (Lipinski definition) is 2. The Labute approximate surface area is 485 Å². The van der Waals surface area contributed by atoms with E-state index < -0.39 is 26.5 Å². The SMILES string of the molecule is CC/C=C\C/C=C\C/C=C\C/C=C\C/C=C\C/C=C\CCCCCCCCCCC(=O)OC(COC(=O)CCCCCCCCCCCCCCCCCCCC/C=C\C/C=C\C/C=C\C/C=C\CC)COP(=O)(O)OCCN. The van der Waals surface area contributed by atoms with Crippen molar-refractivity contribution < 1.29 is 37.6 Å². The van der Waals surface area contributed by atoms with Crippen LogP contribution in [-0.2, 0) is 32.7 Å². The third-order valence-electron chi connectivity index (χ3n) is 13.3. The Morgan fingerprint density at radius 2 is 0.658 bits per heavy atom. The molecule has 0 aliphatic carbocycles. The molecule has 452 valence electrons. The molecule has 0 aliphatic rings. The summed E-state index contributed by atoms with van der Waals surface area (Å²) in [5, 5.41) is 0. The standard InChI is InChI=1S/C69H118NO8P/c1-3-5-7-9-11-13-15-17-19-21-23-25-27-29-31-32-33-34-36-37-39-41-43-45-47-49-51-53-55-57-59-61-68(71)75-65-67(66-77-79(73,74)76-64-63-70)78-69(72)62-60-58-56-54-52-50-48-46-44-42-40-38-35-30-28-26-24-22-20-18-16-14-12-10-8-6-4-2/h5-8,11-14,17-20,23-26,30,35,40,42,67H,3-4,9-10,15-16,21-22,27-29,31-34,36-39,41,43-66,70H2,1-2H3,(H,73,74)/b7-5-,8-6-,13-11-,14-12-,19-17-,20-18-,25-23-,26-24-,35-30-,42-40-. The van der Waals surface area contributed by atoms with Crippen molar-refractivity contribution in [1.29, 1.82) is 0 Å². The summed E-state index contributed by atoms with van der Waals surface area (Å²) >= 11 is 0. The maximum atomic E-state index is 12.7. The van der Waals surface area contributed by atoms with Gasteiger partial charge in [0.2, 0.25) is 0 Å². The van der Waals surface area contributed by atoms with Gasteiger partial charge in [0.05, 0.1) is 13.2 Å². The van der Waals surface area contributed by atoms with Gasteiger partial charge in [-0.15, -0.1) is 0 Å². The van der Waals surface area contributed by atoms with Gasteiger partial charge in [0, 0.05) is 19.4 Å². The van der Waals surface area contributed by atoms with Gasteiger partial charge >= 0.3 is 19.8 Å². The Morgan fingerprint density at radius 3 is 0.975 bits per heavy atom. The lowest BCUT2D eigenvalue weighted by atomic mass is 10.0. The van der Waals surface area contributed by atoms with Crippen LogP contribution in [0.5, 0.6) is 0 Å². The maximum absolute atomic E-state index is 12.7. The Balaban J connectivity index is 3.94. The number of hydrogen-bond acceptors (Lipinski definition) is 8. The molecule has 0 saturated carbocycles. The van der Waals surface area contributed by atoms with Crippen LogP contribution in [-0.4, -0.2) is 49.3 Å². The van der Waals surface area contributed by atoms with Gasteiger partial charge in [-0.3, -0.25) is 18.6 Å². The van der Waals surface area contributed by atoms with Crippen LogP contribution in [0.1, 0.15) is 271 Å². The van der Waals surface area contributed by atoms with Crippen LogP contribution < -0.4 is 5.73 Å². The monoisotopic (exact) mass is 1120 g/mol. The molecule has 10 heteroatoms. The predicted octanol–water partition coefficient (Wildman–Crippen LogP) is 20.7. The number of carbonyl (C=O) groups excluding carboxylic acids is 2. The molecule has 0 aliphatic heterocycles. The van der Waals surface area contributed by atoms with E-state index in [0.29, 0.717) is 6.42 Å². The largest absolute Gasteiger partial charge is 0.472 e. The molecule has 0 rings (SSSR count). The van der Waals surface area contributed by atoms with E-state index in [4.69, 9.17) is 24.3 Å². The average molecular weight is 1120 g/mol. The molecule has 0 aromatic carbocycles. The predicted molar refractivity (Wildman–Crippen MR) is 339 cm³/mol. The van der Waals surface area contributed by atoms with E-state index in [1.165, 1.54) is 128 Å². The first kappa shape index (κ1) is 75.4. The van der Waals surface area contributed by atoms with E-state index in [1.807, 2.05) is 0 Å². The minimum Gasteiger partial charge on any atom is -0.462 e. The minimum atomic E-state index is -4.40. The molecule has 0 aromatic rings. The summed E-state index contributed by atoms with van der Waals surface area (Å²) in [5.74, 6) is -0.836. The minimum absolute atomic E-state index is 0.0472. The molecule has 3 N–H and O–H groups in total. The molecule has 0 saturated heterocycles. The van der Waals surface area contributed by atoms with Gasteiger partial charge in [0.15, 0.2) is 6.10 Å². The maximum Gasteiger partial charge on any atom is 0.472 e. The zero-order valence-electron chi connectivity index (χ0n) is 50.6. The summed E-state index contributed by atoms with van der Waals surface area (Å²) in [6.45, 7) is 3.52. The van der Waals surface area contributed by atoms with Gasteiger partial charge < -0.3 is 20.1 Å². The fourth-order valence-corrected chi connectivity index (χ4v) is 9.46. The molecule has 2 unspecified atom stereocenters. The van der Waals surface area contributed by atoms with Crippen molar-refractivity contribution in [2.24, 2.45) is 5.73 Å². The van der Waals surface area contributed by atoms with Crippen molar-refractivity contribution in [1.82, 2.24) is 0 Å². The highest BCUT2D eigenvalue weighted by atomic mass is 31.2. The molecule has 0 bridgehead atoms. The summed E-state index contributed by atoms with van der Waals surface area (Å²) in [4.78, 5) is 35.3. The van der Waals surface area contributed by atoms with Crippen LogP contribution in [0.4, 0.5) is 0 Å². The normalized spacial score (nSPS) is 13.8. The Hall–Kier alpha value is -3.59. The molecule has 0 heterocycles. The molecule has 9 nitrogen and oxygen atoms in total. The smallest absolute Gasteiger partial charge is 0.462 e. The molecule has 2 atom stereocenters. The van der Waals surface area contributed by atoms with Crippen molar-refractivity contribution in [2.45, 2.75) is 277 Å². The van der Waals surface area contributed by atoms with Gasteiger partial charge in [0.1, 0.15) is 6.61 Å². The zero-order valence-corrected chi connectivity index (χ0v) is 51.5. The zero-order chi connectivity index (χ0) is 57.3. The molecule has 0 amide bonds. The summed E-state index contributed by atoms with van der Waals surface area (Å²) in [6.07, 6.45) is 88.4. The van der Waals surface area contributed by atoms with E-state index in [0.717, 1.165) is 109 Å². The fourth-order valence-electron chi connectivity index (χ4n) is 8.69. The second-order valence-electron chi connectivity index (χ2n) is 20.9. The summed E-state index contributed by atoms with van der Waals surface area (Å²) < 4.78 is 33.1. The third kappa shape index (κ3) is 63.5. The van der Waals surface area contributed by atoms with Crippen molar-refractivity contribution in [3.05, 3.63) is 122 Å². The number of phosphoric acid groups is 1. The van der Waals surface area contributed by atoms with Crippen LogP contribution in [0.3, 0.4) is 0 Å². The van der Waals surface area contributed by atoms with Crippen LogP contribution in [0.25, 0.3) is 0 Å². The van der Waals surface area contributed by atoms with Gasteiger partial charge in [-0.1, -0.05) is 277 Å². The highest BCUT2D eigenvalue weighted by molar-refractivity contribution is 7.47. The van der Waals surface area contributed by atoms with Crippen LogP contribution in [0.15, 0.2) is 122 Å². The summed E-state index contributed by atoms with van der Waals surface area (Å²) in [7, 11) is -4.40. The first-order chi connectivity index (χ1) is 38.8. The number of esters is 2.